The summed E-state index contributed by atoms with van der Waals surface area (Å²) >= 11 is 0. The maximum absolute atomic E-state index is 14.5. The molecule has 0 spiro atoms. The number of amides is 3. The molecule has 0 saturated heterocycles. The van der Waals surface area contributed by atoms with Gasteiger partial charge in [-0.05, 0) is 62.1 Å². The molecule has 238 valence electrons. The Bertz CT molecular complexity index is 1400. The van der Waals surface area contributed by atoms with E-state index in [9.17, 15) is 19.5 Å². The van der Waals surface area contributed by atoms with E-state index in [0.717, 1.165) is 36.5 Å². The van der Waals surface area contributed by atoms with Crippen molar-refractivity contribution in [1.29, 1.82) is 0 Å². The van der Waals surface area contributed by atoms with Gasteiger partial charge in [0.15, 0.2) is 0 Å². The zero-order chi connectivity index (χ0) is 32.3. The number of hydrogen-bond acceptors (Lipinski definition) is 5. The van der Waals surface area contributed by atoms with Crippen LogP contribution in [0.2, 0.25) is 0 Å². The zero-order valence-corrected chi connectivity index (χ0v) is 27.1. The first-order valence-corrected chi connectivity index (χ1v) is 15.8. The minimum absolute atomic E-state index is 0.0878. The summed E-state index contributed by atoms with van der Waals surface area (Å²) in [4.78, 5) is 43.2. The molecule has 0 bridgehead atoms. The van der Waals surface area contributed by atoms with Gasteiger partial charge in [0.1, 0.15) is 23.4 Å². The monoisotopic (exact) mass is 603 g/mol. The molecule has 0 aliphatic carbocycles. The Hall–Kier alpha value is -4.07. The van der Waals surface area contributed by atoms with E-state index in [0.29, 0.717) is 24.1 Å². The van der Waals surface area contributed by atoms with Gasteiger partial charge in [0, 0.05) is 17.8 Å². The van der Waals surface area contributed by atoms with E-state index >= 15 is 0 Å². The van der Waals surface area contributed by atoms with Gasteiger partial charge in [0.05, 0.1) is 0 Å². The number of aromatic hydroxyl groups is 1. The van der Waals surface area contributed by atoms with Crippen molar-refractivity contribution in [2.45, 2.75) is 97.8 Å². The summed E-state index contributed by atoms with van der Waals surface area (Å²) in [5, 5.41) is 18.8. The smallest absolute Gasteiger partial charge is 0.408 e. The molecule has 8 heteroatoms. The highest BCUT2D eigenvalue weighted by molar-refractivity contribution is 6.00. The van der Waals surface area contributed by atoms with E-state index in [1.54, 1.807) is 39.0 Å². The number of anilines is 1. The second-order valence-electron chi connectivity index (χ2n) is 12.5. The summed E-state index contributed by atoms with van der Waals surface area (Å²) < 4.78 is 5.50. The molecule has 0 saturated carbocycles. The lowest BCUT2D eigenvalue weighted by Crippen LogP contribution is -2.55. The first kappa shape index (κ1) is 34.4. The quantitative estimate of drug-likeness (QED) is 0.162. The third-order valence-electron chi connectivity index (χ3n) is 7.75. The number of nitrogens with zero attached hydrogens (tertiary/aromatic N) is 1. The van der Waals surface area contributed by atoms with Crippen LogP contribution in [0.5, 0.6) is 5.75 Å². The molecule has 0 fully saturated rings. The van der Waals surface area contributed by atoms with Crippen LogP contribution < -0.4 is 10.6 Å². The van der Waals surface area contributed by atoms with Gasteiger partial charge in [-0.3, -0.25) is 9.59 Å². The highest BCUT2D eigenvalue weighted by atomic mass is 16.6. The van der Waals surface area contributed by atoms with E-state index in [2.05, 4.69) is 17.6 Å². The molecule has 0 heterocycles. The van der Waals surface area contributed by atoms with E-state index in [1.165, 1.54) is 11.0 Å². The fraction of sp³-hybridized carbons (Fsp3) is 0.472. The molecule has 44 heavy (non-hydrogen) atoms. The fourth-order valence-corrected chi connectivity index (χ4v) is 5.20. The number of carbonyl (C=O) groups excluding carboxylic acids is 3. The molecular formula is C36H49N3O5. The number of fused-ring (bicyclic) bond motifs is 1. The number of benzene rings is 3. The normalized spacial score (nSPS) is 13.5. The van der Waals surface area contributed by atoms with Crippen molar-refractivity contribution in [3.05, 3.63) is 72.3 Å². The van der Waals surface area contributed by atoms with Crippen molar-refractivity contribution < 1.29 is 24.2 Å². The summed E-state index contributed by atoms with van der Waals surface area (Å²) in [6.07, 6.45) is 4.62. The Balaban J connectivity index is 2.04. The average Bonchev–Trinajstić information content (AvgIpc) is 2.98. The molecule has 3 N–H and O–H groups in total. The minimum Gasteiger partial charge on any atom is -0.508 e. The number of phenols is 1. The van der Waals surface area contributed by atoms with Crippen molar-refractivity contribution in [2.75, 3.05) is 11.9 Å². The number of hydrogen-bond donors (Lipinski definition) is 3. The van der Waals surface area contributed by atoms with Crippen LogP contribution in [0.25, 0.3) is 10.8 Å². The average molecular weight is 604 g/mol. The molecule has 3 amide bonds. The largest absolute Gasteiger partial charge is 0.508 e. The van der Waals surface area contributed by atoms with E-state index < -0.39 is 35.6 Å². The van der Waals surface area contributed by atoms with Crippen LogP contribution in [0.3, 0.4) is 0 Å². The Morgan fingerprint density at radius 3 is 2.20 bits per heavy atom. The predicted octanol–water partition coefficient (Wildman–Crippen LogP) is 7.96. The van der Waals surface area contributed by atoms with Gasteiger partial charge in [0.2, 0.25) is 5.91 Å². The van der Waals surface area contributed by atoms with Crippen LogP contribution in [-0.2, 0) is 14.3 Å². The predicted molar refractivity (Wildman–Crippen MR) is 177 cm³/mol. The van der Waals surface area contributed by atoms with Crippen LogP contribution in [0, 0.1) is 5.92 Å². The SMILES string of the molecule is CCCCCCCN(C(=O)C(NC(=O)OC(C)(C)C)C(C)CC)C(C(=O)Nc1ccc2ccccc2c1)c1ccccc1O. The Morgan fingerprint density at radius 2 is 1.55 bits per heavy atom. The van der Waals surface area contributed by atoms with Gasteiger partial charge >= 0.3 is 6.09 Å². The van der Waals surface area contributed by atoms with Crippen molar-refractivity contribution in [1.82, 2.24) is 10.2 Å². The molecule has 3 aromatic carbocycles. The highest BCUT2D eigenvalue weighted by Gasteiger charge is 2.39. The lowest BCUT2D eigenvalue weighted by atomic mass is 9.95. The zero-order valence-electron chi connectivity index (χ0n) is 27.1. The second kappa shape index (κ2) is 16.1. The van der Waals surface area contributed by atoms with Crippen molar-refractivity contribution in [2.24, 2.45) is 5.92 Å². The molecule has 3 unspecified atom stereocenters. The van der Waals surface area contributed by atoms with Crippen LogP contribution in [0.1, 0.15) is 91.7 Å². The van der Waals surface area contributed by atoms with Gasteiger partial charge in [-0.25, -0.2) is 4.79 Å². The number of phenolic OH excluding ortho intramolecular Hbond substituents is 1. The Morgan fingerprint density at radius 1 is 0.886 bits per heavy atom. The third-order valence-corrected chi connectivity index (χ3v) is 7.75. The maximum Gasteiger partial charge on any atom is 0.408 e. The molecule has 0 radical (unpaired) electrons. The number of para-hydroxylation sites is 1. The molecule has 3 aromatic rings. The Kier molecular flexibility index (Phi) is 12.6. The van der Waals surface area contributed by atoms with Crippen molar-refractivity contribution in [3.63, 3.8) is 0 Å². The molecule has 8 nitrogen and oxygen atoms in total. The van der Waals surface area contributed by atoms with Gasteiger partial charge < -0.3 is 25.4 Å². The molecule has 0 aliphatic rings. The van der Waals surface area contributed by atoms with Crippen LogP contribution >= 0.6 is 0 Å². The van der Waals surface area contributed by atoms with Gasteiger partial charge in [-0.15, -0.1) is 0 Å². The first-order chi connectivity index (χ1) is 20.9. The number of carbonyl (C=O) groups is 3. The number of ether oxygens (including phenoxy) is 1. The third kappa shape index (κ3) is 9.73. The molecular weight excluding hydrogens is 554 g/mol. The molecule has 3 atom stereocenters. The summed E-state index contributed by atoms with van der Waals surface area (Å²) in [7, 11) is 0. The van der Waals surface area contributed by atoms with Crippen molar-refractivity contribution >= 4 is 34.4 Å². The van der Waals surface area contributed by atoms with Gasteiger partial charge in [0.25, 0.3) is 5.91 Å². The summed E-state index contributed by atoms with van der Waals surface area (Å²) in [5.41, 5.74) is 0.146. The molecule has 0 aromatic heterocycles. The maximum atomic E-state index is 14.5. The van der Waals surface area contributed by atoms with E-state index in [1.807, 2.05) is 56.3 Å². The minimum atomic E-state index is -1.15. The summed E-state index contributed by atoms with van der Waals surface area (Å²) in [5.74, 6) is -1.19. The fourth-order valence-electron chi connectivity index (χ4n) is 5.20. The number of unbranched alkanes of at least 4 members (excludes halogenated alkanes) is 4. The van der Waals surface area contributed by atoms with Gasteiger partial charge in [-0.2, -0.15) is 0 Å². The topological polar surface area (TPSA) is 108 Å². The first-order valence-electron chi connectivity index (χ1n) is 15.8. The van der Waals surface area contributed by atoms with E-state index in [-0.39, 0.29) is 18.2 Å². The lowest BCUT2D eigenvalue weighted by molar-refractivity contribution is -0.142. The Labute approximate surface area is 262 Å². The molecule has 0 aliphatic heterocycles. The van der Waals surface area contributed by atoms with Crippen LogP contribution in [-0.4, -0.2) is 46.1 Å². The number of nitrogens with one attached hydrogen (secondary N) is 2. The van der Waals surface area contributed by atoms with Crippen molar-refractivity contribution in [3.8, 4) is 5.75 Å². The number of alkyl carbamates (subject to hydrolysis) is 1. The number of rotatable bonds is 14. The lowest BCUT2D eigenvalue weighted by Gasteiger charge is -2.36. The second-order valence-corrected chi connectivity index (χ2v) is 12.5. The van der Waals surface area contributed by atoms with Gasteiger partial charge in [-0.1, -0.05) is 101 Å². The van der Waals surface area contributed by atoms with E-state index in [4.69, 9.17) is 4.74 Å². The summed E-state index contributed by atoms with van der Waals surface area (Å²) in [6.45, 7) is 11.5. The molecule has 3 rings (SSSR count). The highest BCUT2D eigenvalue weighted by Crippen LogP contribution is 2.32. The van der Waals surface area contributed by atoms with Crippen LogP contribution in [0.4, 0.5) is 10.5 Å². The standard InChI is InChI=1S/C36H49N3O5/c1-7-9-10-11-16-23-39(34(42)31(25(3)8-2)38-35(43)44-36(4,5)6)32(29-19-14-15-20-30(29)40)33(41)37-28-22-21-26-17-12-13-18-27(26)24-28/h12-15,17-22,24-25,31-32,40H,7-11,16,23H2,1-6H3,(H,37,41)(H,38,43). The van der Waals surface area contributed by atoms with Crippen LogP contribution in [0.15, 0.2) is 66.7 Å². The summed E-state index contributed by atoms with van der Waals surface area (Å²) in [6, 6.07) is 18.0.